The van der Waals surface area contributed by atoms with Gasteiger partial charge in [-0.3, -0.25) is 9.69 Å². The van der Waals surface area contributed by atoms with E-state index < -0.39 is 5.54 Å². The van der Waals surface area contributed by atoms with Gasteiger partial charge in [0.1, 0.15) is 0 Å². The Bertz CT molecular complexity index is 286. The maximum Gasteiger partial charge on any atom is 0.242 e. The first kappa shape index (κ1) is 15.4. The Morgan fingerprint density at radius 1 is 1.06 bits per heavy atom. The van der Waals surface area contributed by atoms with Gasteiger partial charge in [-0.25, -0.2) is 0 Å². The summed E-state index contributed by atoms with van der Waals surface area (Å²) in [6.45, 7) is 17.1. The van der Waals surface area contributed by atoms with Crippen LogP contribution in [0.3, 0.4) is 0 Å². The molecule has 1 aliphatic rings. The first-order chi connectivity index (χ1) is 8.18. The molecule has 1 fully saturated rings. The normalized spacial score (nSPS) is 19.1. The molecule has 4 heteroatoms. The second-order valence-electron chi connectivity index (χ2n) is 6.61. The Kier molecular flexibility index (Phi) is 4.78. The summed E-state index contributed by atoms with van der Waals surface area (Å²) in [6, 6.07) is 0. The van der Waals surface area contributed by atoms with Crippen molar-refractivity contribution in [3.8, 4) is 0 Å². The molecule has 1 saturated heterocycles. The maximum atomic E-state index is 12.4. The lowest BCUT2D eigenvalue weighted by Gasteiger charge is -2.44. The average Bonchev–Trinajstić information content (AvgIpc) is 2.27. The van der Waals surface area contributed by atoms with Gasteiger partial charge < -0.3 is 10.2 Å². The van der Waals surface area contributed by atoms with E-state index in [4.69, 9.17) is 0 Å². The third-order valence-electron chi connectivity index (χ3n) is 3.67. The van der Waals surface area contributed by atoms with Gasteiger partial charge in [-0.2, -0.15) is 0 Å². The molecule has 0 aromatic heterocycles. The Morgan fingerprint density at radius 2 is 1.56 bits per heavy atom. The zero-order valence-electron chi connectivity index (χ0n) is 12.8. The van der Waals surface area contributed by atoms with E-state index >= 15 is 0 Å². The van der Waals surface area contributed by atoms with Gasteiger partial charge in [0.2, 0.25) is 5.91 Å². The molecule has 0 aromatic carbocycles. The summed E-state index contributed by atoms with van der Waals surface area (Å²) in [5.41, 5.74) is -0.245. The molecule has 4 nitrogen and oxygen atoms in total. The molecular weight excluding hydrogens is 226 g/mol. The molecule has 1 N–H and O–H groups in total. The molecule has 0 unspecified atom stereocenters. The van der Waals surface area contributed by atoms with E-state index in [9.17, 15) is 4.79 Å². The predicted octanol–water partition coefficient (Wildman–Crippen LogP) is 1.32. The molecule has 0 atom stereocenters. The van der Waals surface area contributed by atoms with Crippen LogP contribution in [0.1, 0.15) is 41.5 Å². The highest BCUT2D eigenvalue weighted by molar-refractivity contribution is 5.85. The largest absolute Gasteiger partial charge is 0.339 e. The number of likely N-dealkylation sites (N-methyl/N-ethyl adjacent to an activating group) is 1. The summed E-state index contributed by atoms with van der Waals surface area (Å²) in [5.74, 6) is 0.220. The number of carbonyl (C=O) groups is 1. The highest BCUT2D eigenvalue weighted by Gasteiger charge is 2.34. The lowest BCUT2D eigenvalue weighted by atomic mass is 10.0. The number of nitrogens with one attached hydrogen (secondary N) is 1. The minimum absolute atomic E-state index is 0.201. The van der Waals surface area contributed by atoms with E-state index in [2.05, 4.69) is 31.0 Å². The van der Waals surface area contributed by atoms with Crippen molar-refractivity contribution in [1.29, 1.82) is 0 Å². The zero-order chi connectivity index (χ0) is 14.0. The van der Waals surface area contributed by atoms with E-state index in [1.807, 2.05) is 25.7 Å². The van der Waals surface area contributed by atoms with Crippen LogP contribution in [0.15, 0.2) is 0 Å². The average molecular weight is 255 g/mol. The van der Waals surface area contributed by atoms with Crippen molar-refractivity contribution in [2.24, 2.45) is 0 Å². The maximum absolute atomic E-state index is 12.4. The van der Waals surface area contributed by atoms with Crippen LogP contribution in [-0.2, 0) is 4.79 Å². The van der Waals surface area contributed by atoms with Crippen LogP contribution in [0.4, 0.5) is 0 Å². The Labute approximate surface area is 112 Å². The highest BCUT2D eigenvalue weighted by Crippen LogP contribution is 2.17. The van der Waals surface area contributed by atoms with Crippen LogP contribution in [0.25, 0.3) is 0 Å². The number of carbonyl (C=O) groups excluding carboxylic acids is 1. The monoisotopic (exact) mass is 255 g/mol. The molecule has 18 heavy (non-hydrogen) atoms. The molecule has 0 spiro atoms. The molecule has 1 heterocycles. The second-order valence-corrected chi connectivity index (χ2v) is 6.61. The summed E-state index contributed by atoms with van der Waals surface area (Å²) in [5, 5.41) is 3.26. The third-order valence-corrected chi connectivity index (χ3v) is 3.67. The molecule has 0 bridgehead atoms. The second kappa shape index (κ2) is 5.57. The number of hydrogen-bond acceptors (Lipinski definition) is 3. The fourth-order valence-corrected chi connectivity index (χ4v) is 2.49. The van der Waals surface area contributed by atoms with Crippen LogP contribution in [0, 0.1) is 0 Å². The van der Waals surface area contributed by atoms with Crippen molar-refractivity contribution < 1.29 is 4.79 Å². The smallest absolute Gasteiger partial charge is 0.242 e. The molecular formula is C14H29N3O. The first-order valence-electron chi connectivity index (χ1n) is 6.98. The standard InChI is InChI=1S/C14H29N3O/c1-7-15-14(5,6)12(18)16-8-10-17(11-9-16)13(2,3)4/h15H,7-11H2,1-6H3. The van der Waals surface area contributed by atoms with Crippen LogP contribution in [-0.4, -0.2) is 59.5 Å². The minimum atomic E-state index is -0.446. The molecule has 1 amide bonds. The van der Waals surface area contributed by atoms with Gasteiger partial charge in [-0.15, -0.1) is 0 Å². The van der Waals surface area contributed by atoms with E-state index in [0.29, 0.717) is 0 Å². The predicted molar refractivity (Wildman–Crippen MR) is 75.7 cm³/mol. The first-order valence-corrected chi connectivity index (χ1v) is 6.98. The van der Waals surface area contributed by atoms with E-state index in [1.54, 1.807) is 0 Å². The van der Waals surface area contributed by atoms with Gasteiger partial charge in [0.15, 0.2) is 0 Å². The quantitative estimate of drug-likeness (QED) is 0.826. The van der Waals surface area contributed by atoms with Gasteiger partial charge >= 0.3 is 0 Å². The van der Waals surface area contributed by atoms with Crippen LogP contribution in [0.2, 0.25) is 0 Å². The van der Waals surface area contributed by atoms with Gasteiger partial charge in [0.05, 0.1) is 5.54 Å². The molecule has 0 aromatic rings. The Hall–Kier alpha value is -0.610. The third kappa shape index (κ3) is 3.69. The van der Waals surface area contributed by atoms with Crippen LogP contribution in [0.5, 0.6) is 0 Å². The summed E-state index contributed by atoms with van der Waals surface area (Å²) < 4.78 is 0. The van der Waals surface area contributed by atoms with Crippen LogP contribution >= 0.6 is 0 Å². The number of amides is 1. The van der Waals surface area contributed by atoms with Gasteiger partial charge in [-0.05, 0) is 41.2 Å². The summed E-state index contributed by atoms with van der Waals surface area (Å²) in [6.07, 6.45) is 0. The molecule has 1 aliphatic heterocycles. The molecule has 1 rings (SSSR count). The lowest BCUT2D eigenvalue weighted by Crippen LogP contribution is -2.60. The number of rotatable bonds is 3. The molecule has 0 radical (unpaired) electrons. The van der Waals surface area contributed by atoms with Crippen molar-refractivity contribution in [1.82, 2.24) is 15.1 Å². The molecule has 106 valence electrons. The summed E-state index contributed by atoms with van der Waals surface area (Å²) >= 11 is 0. The highest BCUT2D eigenvalue weighted by atomic mass is 16.2. The van der Waals surface area contributed by atoms with Gasteiger partial charge in [0, 0.05) is 31.7 Å². The summed E-state index contributed by atoms with van der Waals surface area (Å²) in [4.78, 5) is 16.8. The Morgan fingerprint density at radius 3 is 1.94 bits per heavy atom. The minimum Gasteiger partial charge on any atom is -0.339 e. The molecule has 0 aliphatic carbocycles. The van der Waals surface area contributed by atoms with Crippen molar-refractivity contribution >= 4 is 5.91 Å². The molecule has 0 saturated carbocycles. The number of hydrogen-bond donors (Lipinski definition) is 1. The fraction of sp³-hybridized carbons (Fsp3) is 0.929. The van der Waals surface area contributed by atoms with E-state index in [1.165, 1.54) is 0 Å². The zero-order valence-corrected chi connectivity index (χ0v) is 12.8. The summed E-state index contributed by atoms with van der Waals surface area (Å²) in [7, 11) is 0. The van der Waals surface area contributed by atoms with E-state index in [-0.39, 0.29) is 11.4 Å². The van der Waals surface area contributed by atoms with Crippen molar-refractivity contribution in [2.75, 3.05) is 32.7 Å². The van der Waals surface area contributed by atoms with Gasteiger partial charge in [-0.1, -0.05) is 6.92 Å². The SMILES string of the molecule is CCNC(C)(C)C(=O)N1CCN(C(C)(C)C)CC1. The van der Waals surface area contributed by atoms with Crippen molar-refractivity contribution in [3.63, 3.8) is 0 Å². The number of nitrogens with zero attached hydrogens (tertiary/aromatic N) is 2. The van der Waals surface area contributed by atoms with E-state index in [0.717, 1.165) is 32.7 Å². The van der Waals surface area contributed by atoms with Crippen LogP contribution < -0.4 is 5.32 Å². The number of piperazine rings is 1. The lowest BCUT2D eigenvalue weighted by molar-refractivity contribution is -0.139. The van der Waals surface area contributed by atoms with Crippen molar-refractivity contribution in [3.05, 3.63) is 0 Å². The van der Waals surface area contributed by atoms with Gasteiger partial charge in [0.25, 0.3) is 0 Å². The van der Waals surface area contributed by atoms with Crippen molar-refractivity contribution in [2.45, 2.75) is 52.6 Å². The Balaban J connectivity index is 2.55. The topological polar surface area (TPSA) is 35.6 Å². The fourth-order valence-electron chi connectivity index (χ4n) is 2.49.